The minimum absolute atomic E-state index is 0.0557. The molecule has 2 saturated heterocycles. The largest absolute Gasteiger partial charge is 0.454 e. The van der Waals surface area contributed by atoms with Crippen LogP contribution < -0.4 is 24.6 Å². The summed E-state index contributed by atoms with van der Waals surface area (Å²) in [6.07, 6.45) is 5.05. The number of anilines is 3. The highest BCUT2D eigenvalue weighted by Gasteiger charge is 2.36. The summed E-state index contributed by atoms with van der Waals surface area (Å²) in [5, 5.41) is 3.10. The van der Waals surface area contributed by atoms with Crippen molar-refractivity contribution >= 4 is 28.9 Å². The summed E-state index contributed by atoms with van der Waals surface area (Å²) in [6, 6.07) is 13.4. The van der Waals surface area contributed by atoms with Crippen molar-refractivity contribution < 1.29 is 19.1 Å². The predicted octanol–water partition coefficient (Wildman–Crippen LogP) is 3.79. The minimum atomic E-state index is -0.393. The monoisotopic (exact) mass is 421 g/mol. The van der Waals surface area contributed by atoms with Crippen molar-refractivity contribution in [2.75, 3.05) is 41.5 Å². The summed E-state index contributed by atoms with van der Waals surface area (Å²) in [6.45, 7) is 2.56. The molecule has 0 saturated carbocycles. The molecule has 2 aromatic carbocycles. The van der Waals surface area contributed by atoms with Crippen LogP contribution in [0.25, 0.3) is 0 Å². The van der Waals surface area contributed by atoms with Gasteiger partial charge in [-0.05, 0) is 37.1 Å². The second kappa shape index (κ2) is 8.49. The molecule has 0 bridgehead atoms. The maximum Gasteiger partial charge on any atom is 0.231 e. The van der Waals surface area contributed by atoms with Gasteiger partial charge in [0.25, 0.3) is 0 Å². The van der Waals surface area contributed by atoms with Gasteiger partial charge < -0.3 is 24.6 Å². The lowest BCUT2D eigenvalue weighted by Gasteiger charge is -2.26. The fourth-order valence-electron chi connectivity index (χ4n) is 4.59. The first-order valence-electron chi connectivity index (χ1n) is 11.0. The van der Waals surface area contributed by atoms with E-state index >= 15 is 0 Å². The lowest BCUT2D eigenvalue weighted by molar-refractivity contribution is -0.122. The van der Waals surface area contributed by atoms with Crippen molar-refractivity contribution in [2.24, 2.45) is 5.92 Å². The first-order valence-corrected chi connectivity index (χ1v) is 11.0. The molecule has 7 heteroatoms. The smallest absolute Gasteiger partial charge is 0.231 e. The van der Waals surface area contributed by atoms with Gasteiger partial charge in [-0.3, -0.25) is 9.59 Å². The van der Waals surface area contributed by atoms with Gasteiger partial charge >= 0.3 is 0 Å². The standard InChI is InChI=1S/C24H27N3O4/c28-23-13-17(15-27(23)18-9-10-21-22(14-18)31-16-30-21)24(29)25-19-7-3-4-8-20(19)26-11-5-1-2-6-12-26/h3-4,7-10,14,17H,1-2,5-6,11-13,15-16H2,(H,25,29)/t17-/m1/s1. The van der Waals surface area contributed by atoms with Gasteiger partial charge in [0.1, 0.15) is 0 Å². The summed E-state index contributed by atoms with van der Waals surface area (Å²) < 4.78 is 10.8. The predicted molar refractivity (Wildman–Crippen MR) is 119 cm³/mol. The van der Waals surface area contributed by atoms with Crippen LogP contribution in [0.3, 0.4) is 0 Å². The molecule has 7 nitrogen and oxygen atoms in total. The van der Waals surface area contributed by atoms with Gasteiger partial charge in [0.2, 0.25) is 18.6 Å². The molecule has 2 fully saturated rings. The van der Waals surface area contributed by atoms with Crippen LogP contribution in [0.1, 0.15) is 32.1 Å². The Morgan fingerprint density at radius 3 is 2.58 bits per heavy atom. The van der Waals surface area contributed by atoms with Gasteiger partial charge in [-0.15, -0.1) is 0 Å². The van der Waals surface area contributed by atoms with E-state index in [4.69, 9.17) is 9.47 Å². The van der Waals surface area contributed by atoms with E-state index in [0.29, 0.717) is 18.0 Å². The molecule has 2 amide bonds. The zero-order chi connectivity index (χ0) is 21.2. The Hall–Kier alpha value is -3.22. The number of para-hydroxylation sites is 2. The molecular weight excluding hydrogens is 394 g/mol. The van der Waals surface area contributed by atoms with Crippen molar-refractivity contribution in [2.45, 2.75) is 32.1 Å². The van der Waals surface area contributed by atoms with E-state index in [1.54, 1.807) is 17.0 Å². The molecular formula is C24H27N3O4. The van der Waals surface area contributed by atoms with Crippen molar-refractivity contribution in [3.05, 3.63) is 42.5 Å². The van der Waals surface area contributed by atoms with Gasteiger partial charge in [0, 0.05) is 37.8 Å². The van der Waals surface area contributed by atoms with E-state index in [-0.39, 0.29) is 25.0 Å². The van der Waals surface area contributed by atoms with Gasteiger partial charge in [0.15, 0.2) is 11.5 Å². The van der Waals surface area contributed by atoms with Crippen LogP contribution >= 0.6 is 0 Å². The third kappa shape index (κ3) is 4.04. The zero-order valence-electron chi connectivity index (χ0n) is 17.5. The number of amides is 2. The summed E-state index contributed by atoms with van der Waals surface area (Å²) >= 11 is 0. The molecule has 162 valence electrons. The maximum absolute atomic E-state index is 13.1. The van der Waals surface area contributed by atoms with E-state index in [1.165, 1.54) is 25.7 Å². The van der Waals surface area contributed by atoms with Crippen molar-refractivity contribution in [1.29, 1.82) is 0 Å². The third-order valence-electron chi connectivity index (χ3n) is 6.27. The third-order valence-corrected chi connectivity index (χ3v) is 6.27. The number of carbonyl (C=O) groups excluding carboxylic acids is 2. The Kier molecular flexibility index (Phi) is 5.40. The first-order chi connectivity index (χ1) is 15.2. The fraction of sp³-hybridized carbons (Fsp3) is 0.417. The highest BCUT2D eigenvalue weighted by Crippen LogP contribution is 2.37. The van der Waals surface area contributed by atoms with Crippen LogP contribution in [0.5, 0.6) is 11.5 Å². The molecule has 3 aliphatic heterocycles. The molecule has 1 atom stereocenters. The Morgan fingerprint density at radius 2 is 1.74 bits per heavy atom. The van der Waals surface area contributed by atoms with Gasteiger partial charge in [-0.2, -0.15) is 0 Å². The number of fused-ring (bicyclic) bond motifs is 1. The van der Waals surface area contributed by atoms with E-state index in [2.05, 4.69) is 16.3 Å². The van der Waals surface area contributed by atoms with Crippen molar-refractivity contribution in [3.8, 4) is 11.5 Å². The van der Waals surface area contributed by atoms with Gasteiger partial charge in [0.05, 0.1) is 17.3 Å². The maximum atomic E-state index is 13.1. The zero-order valence-corrected chi connectivity index (χ0v) is 17.5. The number of benzene rings is 2. The summed E-state index contributed by atoms with van der Waals surface area (Å²) in [5.74, 6) is 0.744. The lowest BCUT2D eigenvalue weighted by Crippen LogP contribution is -2.29. The highest BCUT2D eigenvalue weighted by molar-refractivity contribution is 6.04. The van der Waals surface area contributed by atoms with Gasteiger partial charge in [-0.25, -0.2) is 0 Å². The highest BCUT2D eigenvalue weighted by atomic mass is 16.7. The number of hydrogen-bond donors (Lipinski definition) is 1. The number of nitrogens with one attached hydrogen (secondary N) is 1. The van der Waals surface area contributed by atoms with E-state index in [1.807, 2.05) is 24.3 Å². The van der Waals surface area contributed by atoms with Crippen LogP contribution in [-0.2, 0) is 9.59 Å². The van der Waals surface area contributed by atoms with E-state index in [0.717, 1.165) is 30.2 Å². The molecule has 3 aliphatic rings. The number of nitrogens with zero attached hydrogens (tertiary/aromatic N) is 2. The summed E-state index contributed by atoms with van der Waals surface area (Å²) in [5.41, 5.74) is 2.62. The van der Waals surface area contributed by atoms with Crippen LogP contribution in [0, 0.1) is 5.92 Å². The van der Waals surface area contributed by atoms with Crippen molar-refractivity contribution in [3.63, 3.8) is 0 Å². The Balaban J connectivity index is 1.29. The molecule has 0 aromatic heterocycles. The SMILES string of the molecule is O=C(Nc1ccccc1N1CCCCCC1)[C@@H]1CC(=O)N(c2ccc3c(c2)OCO3)C1. The molecule has 0 radical (unpaired) electrons. The van der Waals surface area contributed by atoms with Crippen LogP contribution in [0.15, 0.2) is 42.5 Å². The lowest BCUT2D eigenvalue weighted by atomic mass is 10.1. The summed E-state index contributed by atoms with van der Waals surface area (Å²) in [4.78, 5) is 29.8. The molecule has 5 rings (SSSR count). The number of rotatable bonds is 4. The average molecular weight is 421 g/mol. The molecule has 0 aliphatic carbocycles. The van der Waals surface area contributed by atoms with Crippen LogP contribution in [-0.4, -0.2) is 38.2 Å². The molecule has 0 spiro atoms. The number of carbonyl (C=O) groups is 2. The summed E-state index contributed by atoms with van der Waals surface area (Å²) in [7, 11) is 0. The number of ether oxygens (including phenoxy) is 2. The first kappa shape index (κ1) is 19.7. The molecule has 1 N–H and O–H groups in total. The normalized spacial score (nSPS) is 20.6. The second-order valence-corrected chi connectivity index (χ2v) is 8.35. The number of hydrogen-bond acceptors (Lipinski definition) is 5. The molecule has 0 unspecified atom stereocenters. The second-order valence-electron chi connectivity index (χ2n) is 8.35. The Morgan fingerprint density at radius 1 is 0.968 bits per heavy atom. The molecule has 3 heterocycles. The minimum Gasteiger partial charge on any atom is -0.454 e. The topological polar surface area (TPSA) is 71.1 Å². The van der Waals surface area contributed by atoms with E-state index < -0.39 is 5.92 Å². The fourth-order valence-corrected chi connectivity index (χ4v) is 4.59. The quantitative estimate of drug-likeness (QED) is 0.813. The molecule has 2 aromatic rings. The Labute approximate surface area is 181 Å². The van der Waals surface area contributed by atoms with Crippen LogP contribution in [0.2, 0.25) is 0 Å². The van der Waals surface area contributed by atoms with Crippen molar-refractivity contribution in [1.82, 2.24) is 0 Å². The van der Waals surface area contributed by atoms with E-state index in [9.17, 15) is 9.59 Å². The van der Waals surface area contributed by atoms with Crippen LogP contribution in [0.4, 0.5) is 17.1 Å². The average Bonchev–Trinajstić information content (AvgIpc) is 3.31. The molecule has 31 heavy (non-hydrogen) atoms. The Bertz CT molecular complexity index is 985. The van der Waals surface area contributed by atoms with Gasteiger partial charge in [-0.1, -0.05) is 25.0 Å².